The standard InChI is InChI=1S/C15H30N2O/c1-12(2)13-4-6-14(7-5-13)16-10-15-11-17(3)8-9-18-15/h12-16H,4-11H2,1-3H3. The molecule has 1 atom stereocenters. The van der Waals surface area contributed by atoms with Crippen LogP contribution >= 0.6 is 0 Å². The Bertz CT molecular complexity index is 237. The van der Waals surface area contributed by atoms with Crippen molar-refractivity contribution in [3.05, 3.63) is 0 Å². The van der Waals surface area contributed by atoms with E-state index in [1.54, 1.807) is 0 Å². The lowest BCUT2D eigenvalue weighted by Crippen LogP contribution is -2.47. The van der Waals surface area contributed by atoms with Gasteiger partial charge in [0.1, 0.15) is 0 Å². The molecule has 1 N–H and O–H groups in total. The van der Waals surface area contributed by atoms with E-state index in [-0.39, 0.29) is 0 Å². The Morgan fingerprint density at radius 2 is 1.94 bits per heavy atom. The van der Waals surface area contributed by atoms with Crippen molar-refractivity contribution in [2.45, 2.75) is 51.7 Å². The number of ether oxygens (including phenoxy) is 1. The minimum atomic E-state index is 0.395. The summed E-state index contributed by atoms with van der Waals surface area (Å²) in [5, 5.41) is 3.72. The van der Waals surface area contributed by atoms with Crippen LogP contribution < -0.4 is 5.32 Å². The van der Waals surface area contributed by atoms with Crippen LogP contribution in [0.3, 0.4) is 0 Å². The van der Waals surface area contributed by atoms with E-state index in [1.807, 2.05) is 0 Å². The normalized spacial score (nSPS) is 35.0. The van der Waals surface area contributed by atoms with Crippen molar-refractivity contribution in [2.24, 2.45) is 11.8 Å². The third-order valence-electron chi connectivity index (χ3n) is 4.69. The quantitative estimate of drug-likeness (QED) is 0.832. The first kappa shape index (κ1) is 14.3. The van der Waals surface area contributed by atoms with Crippen molar-refractivity contribution < 1.29 is 4.74 Å². The van der Waals surface area contributed by atoms with Crippen LogP contribution in [0, 0.1) is 11.8 Å². The molecular weight excluding hydrogens is 224 g/mol. The van der Waals surface area contributed by atoms with E-state index in [0.29, 0.717) is 6.10 Å². The van der Waals surface area contributed by atoms with Gasteiger partial charge in [-0.25, -0.2) is 0 Å². The van der Waals surface area contributed by atoms with E-state index in [4.69, 9.17) is 4.74 Å². The molecule has 2 rings (SSSR count). The van der Waals surface area contributed by atoms with Crippen LogP contribution in [0.4, 0.5) is 0 Å². The van der Waals surface area contributed by atoms with Crippen molar-refractivity contribution in [1.82, 2.24) is 10.2 Å². The highest BCUT2D eigenvalue weighted by molar-refractivity contribution is 4.80. The molecule has 1 aliphatic heterocycles. The average molecular weight is 254 g/mol. The zero-order valence-electron chi connectivity index (χ0n) is 12.3. The molecule has 0 aromatic rings. The first-order valence-electron chi connectivity index (χ1n) is 7.68. The predicted octanol–water partition coefficient (Wildman–Crippen LogP) is 2.12. The Labute approximate surface area is 112 Å². The summed E-state index contributed by atoms with van der Waals surface area (Å²) in [6.07, 6.45) is 5.91. The third-order valence-corrected chi connectivity index (χ3v) is 4.69. The van der Waals surface area contributed by atoms with Gasteiger partial charge in [0.05, 0.1) is 12.7 Å². The van der Waals surface area contributed by atoms with E-state index in [1.165, 1.54) is 25.7 Å². The fraction of sp³-hybridized carbons (Fsp3) is 1.00. The fourth-order valence-electron chi connectivity index (χ4n) is 3.28. The minimum absolute atomic E-state index is 0.395. The second-order valence-corrected chi connectivity index (χ2v) is 6.52. The number of nitrogens with zero attached hydrogens (tertiary/aromatic N) is 1. The molecule has 18 heavy (non-hydrogen) atoms. The van der Waals surface area contributed by atoms with Gasteiger partial charge >= 0.3 is 0 Å². The molecule has 3 heteroatoms. The second kappa shape index (κ2) is 6.88. The molecule has 0 aromatic heterocycles. The van der Waals surface area contributed by atoms with Gasteiger partial charge in [0.2, 0.25) is 0 Å². The lowest BCUT2D eigenvalue weighted by molar-refractivity contribution is -0.0200. The SMILES string of the molecule is CC(C)C1CCC(NCC2CN(C)CCO2)CC1. The number of hydrogen-bond donors (Lipinski definition) is 1. The summed E-state index contributed by atoms with van der Waals surface area (Å²) in [5.74, 6) is 1.82. The summed E-state index contributed by atoms with van der Waals surface area (Å²) in [6, 6.07) is 0.732. The highest BCUT2D eigenvalue weighted by atomic mass is 16.5. The predicted molar refractivity (Wildman–Crippen MR) is 75.8 cm³/mol. The molecule has 2 aliphatic rings. The molecule has 0 radical (unpaired) electrons. The summed E-state index contributed by atoms with van der Waals surface area (Å²) >= 11 is 0. The maximum absolute atomic E-state index is 5.79. The molecule has 3 nitrogen and oxygen atoms in total. The van der Waals surface area contributed by atoms with Gasteiger partial charge in [0, 0.05) is 25.7 Å². The van der Waals surface area contributed by atoms with Crippen molar-refractivity contribution in [3.63, 3.8) is 0 Å². The highest BCUT2D eigenvalue weighted by Gasteiger charge is 2.24. The molecule has 106 valence electrons. The summed E-state index contributed by atoms with van der Waals surface area (Å²) in [4.78, 5) is 2.37. The van der Waals surface area contributed by atoms with E-state index in [0.717, 1.165) is 44.1 Å². The Morgan fingerprint density at radius 1 is 1.22 bits per heavy atom. The average Bonchev–Trinajstić information content (AvgIpc) is 2.37. The monoisotopic (exact) mass is 254 g/mol. The van der Waals surface area contributed by atoms with E-state index >= 15 is 0 Å². The van der Waals surface area contributed by atoms with Crippen LogP contribution in [0.25, 0.3) is 0 Å². The Hall–Kier alpha value is -0.120. The largest absolute Gasteiger partial charge is 0.374 e. The number of rotatable bonds is 4. The fourth-order valence-corrected chi connectivity index (χ4v) is 3.28. The van der Waals surface area contributed by atoms with Crippen molar-refractivity contribution >= 4 is 0 Å². The molecule has 1 aliphatic carbocycles. The zero-order valence-corrected chi connectivity index (χ0v) is 12.3. The van der Waals surface area contributed by atoms with Crippen LogP contribution in [-0.2, 0) is 4.74 Å². The van der Waals surface area contributed by atoms with E-state index < -0.39 is 0 Å². The molecule has 1 saturated carbocycles. The maximum Gasteiger partial charge on any atom is 0.0826 e. The number of likely N-dealkylation sites (N-methyl/N-ethyl adjacent to an activating group) is 1. The molecule has 0 spiro atoms. The summed E-state index contributed by atoms with van der Waals surface area (Å²) in [7, 11) is 2.18. The molecule has 2 fully saturated rings. The van der Waals surface area contributed by atoms with Gasteiger partial charge in [-0.05, 0) is 44.6 Å². The van der Waals surface area contributed by atoms with Gasteiger partial charge in [0.25, 0.3) is 0 Å². The first-order valence-corrected chi connectivity index (χ1v) is 7.68. The van der Waals surface area contributed by atoms with Gasteiger partial charge in [0.15, 0.2) is 0 Å². The molecule has 1 heterocycles. The molecular formula is C15H30N2O. The van der Waals surface area contributed by atoms with Gasteiger partial charge < -0.3 is 15.0 Å². The topological polar surface area (TPSA) is 24.5 Å². The first-order chi connectivity index (χ1) is 8.65. The number of hydrogen-bond acceptors (Lipinski definition) is 3. The number of nitrogens with one attached hydrogen (secondary N) is 1. The second-order valence-electron chi connectivity index (χ2n) is 6.52. The zero-order chi connectivity index (χ0) is 13.0. The summed E-state index contributed by atoms with van der Waals surface area (Å²) < 4.78 is 5.79. The van der Waals surface area contributed by atoms with Crippen molar-refractivity contribution in [3.8, 4) is 0 Å². The van der Waals surface area contributed by atoms with Gasteiger partial charge in [-0.2, -0.15) is 0 Å². The molecule has 0 bridgehead atoms. The molecule has 1 saturated heterocycles. The smallest absolute Gasteiger partial charge is 0.0826 e. The van der Waals surface area contributed by atoms with Gasteiger partial charge in [-0.3, -0.25) is 0 Å². The van der Waals surface area contributed by atoms with Crippen LogP contribution in [0.1, 0.15) is 39.5 Å². The molecule has 0 aromatic carbocycles. The van der Waals surface area contributed by atoms with Crippen LogP contribution in [0.5, 0.6) is 0 Å². The molecule has 1 unspecified atom stereocenters. The van der Waals surface area contributed by atoms with Crippen molar-refractivity contribution in [2.75, 3.05) is 33.3 Å². The van der Waals surface area contributed by atoms with Gasteiger partial charge in [-0.15, -0.1) is 0 Å². The van der Waals surface area contributed by atoms with Crippen LogP contribution in [-0.4, -0.2) is 50.3 Å². The minimum Gasteiger partial charge on any atom is -0.374 e. The lowest BCUT2D eigenvalue weighted by Gasteiger charge is -2.34. The Balaban J connectivity index is 1.63. The lowest BCUT2D eigenvalue weighted by atomic mass is 9.80. The Kier molecular flexibility index (Phi) is 5.46. The maximum atomic E-state index is 5.79. The van der Waals surface area contributed by atoms with E-state index in [2.05, 4.69) is 31.1 Å². The van der Waals surface area contributed by atoms with Gasteiger partial charge in [-0.1, -0.05) is 13.8 Å². The highest BCUT2D eigenvalue weighted by Crippen LogP contribution is 2.29. The van der Waals surface area contributed by atoms with E-state index in [9.17, 15) is 0 Å². The summed E-state index contributed by atoms with van der Waals surface area (Å²) in [6.45, 7) is 8.81. The summed E-state index contributed by atoms with van der Waals surface area (Å²) in [5.41, 5.74) is 0. The Morgan fingerprint density at radius 3 is 2.56 bits per heavy atom. The van der Waals surface area contributed by atoms with Crippen LogP contribution in [0.2, 0.25) is 0 Å². The van der Waals surface area contributed by atoms with Crippen LogP contribution in [0.15, 0.2) is 0 Å². The third kappa shape index (κ3) is 4.22. The molecule has 0 amide bonds. The van der Waals surface area contributed by atoms with Crippen molar-refractivity contribution in [1.29, 1.82) is 0 Å². The number of morpholine rings is 1.